The van der Waals surface area contributed by atoms with E-state index in [9.17, 15) is 22.8 Å². The number of benzene rings is 1. The monoisotopic (exact) mass is 288 g/mol. The number of hydrogen-bond donors (Lipinski definition) is 0. The molecule has 0 saturated carbocycles. The van der Waals surface area contributed by atoms with Crippen LogP contribution in [0.3, 0.4) is 0 Å². The van der Waals surface area contributed by atoms with E-state index < -0.39 is 11.7 Å². The van der Waals surface area contributed by atoms with E-state index in [4.69, 9.17) is 0 Å². The van der Waals surface area contributed by atoms with E-state index in [1.165, 1.54) is 19.1 Å². The Morgan fingerprint density at radius 1 is 1.26 bits per heavy atom. The van der Waals surface area contributed by atoms with Gasteiger partial charge in [-0.05, 0) is 23.8 Å². The minimum absolute atomic E-state index is 0.0336. The van der Waals surface area contributed by atoms with Gasteiger partial charge in [-0.1, -0.05) is 23.9 Å². The zero-order chi connectivity index (χ0) is 14.5. The molecule has 0 amide bonds. The number of carbonyl (C=O) groups excluding carboxylic acids is 2. The highest BCUT2D eigenvalue weighted by Crippen LogP contribution is 2.30. The van der Waals surface area contributed by atoms with Crippen molar-refractivity contribution in [1.29, 1.82) is 0 Å². The number of hydrogen-bond acceptors (Lipinski definition) is 3. The third kappa shape index (κ3) is 5.30. The van der Waals surface area contributed by atoms with E-state index in [0.29, 0.717) is 12.0 Å². The maximum absolute atomic E-state index is 12.6. The lowest BCUT2D eigenvalue weighted by atomic mass is 10.1. The second kappa shape index (κ2) is 6.56. The van der Waals surface area contributed by atoms with Gasteiger partial charge in [-0.3, -0.25) is 9.59 Å². The molecule has 0 bridgehead atoms. The van der Waals surface area contributed by atoms with Gasteiger partial charge < -0.3 is 0 Å². The molecule has 19 heavy (non-hydrogen) atoms. The Morgan fingerprint density at radius 3 is 2.42 bits per heavy atom. The first-order chi connectivity index (χ1) is 8.82. The predicted octanol–water partition coefficient (Wildman–Crippen LogP) is 3.81. The number of alkyl halides is 3. The Balaban J connectivity index is 2.94. The molecule has 0 radical (unpaired) electrons. The fourth-order valence-electron chi connectivity index (χ4n) is 1.35. The SMILES string of the molecule is CC(=O)SCC=Cc1cc(C=O)cc(C(F)(F)F)c1. The van der Waals surface area contributed by atoms with Crippen molar-refractivity contribution in [3.8, 4) is 0 Å². The molecular weight excluding hydrogens is 277 g/mol. The molecule has 0 aliphatic carbocycles. The first-order valence-electron chi connectivity index (χ1n) is 5.30. The first-order valence-corrected chi connectivity index (χ1v) is 6.29. The van der Waals surface area contributed by atoms with Crippen LogP contribution in [0.25, 0.3) is 6.08 Å². The molecule has 0 fully saturated rings. The average Bonchev–Trinajstić information content (AvgIpc) is 2.33. The molecule has 1 rings (SSSR count). The quantitative estimate of drug-likeness (QED) is 0.790. The van der Waals surface area contributed by atoms with Crippen molar-refractivity contribution >= 4 is 29.2 Å². The molecule has 0 atom stereocenters. The highest BCUT2D eigenvalue weighted by Gasteiger charge is 2.30. The summed E-state index contributed by atoms with van der Waals surface area (Å²) < 4.78 is 37.8. The van der Waals surface area contributed by atoms with Crippen LogP contribution < -0.4 is 0 Å². The van der Waals surface area contributed by atoms with Crippen LogP contribution in [0.2, 0.25) is 0 Å². The molecule has 0 N–H and O–H groups in total. The van der Waals surface area contributed by atoms with E-state index in [1.807, 2.05) is 0 Å². The van der Waals surface area contributed by atoms with Crippen molar-refractivity contribution in [3.63, 3.8) is 0 Å². The zero-order valence-corrected chi connectivity index (χ0v) is 10.8. The smallest absolute Gasteiger partial charge is 0.298 e. The first kappa shape index (κ1) is 15.5. The van der Waals surface area contributed by atoms with Crippen LogP contribution in [-0.2, 0) is 11.0 Å². The lowest BCUT2D eigenvalue weighted by molar-refractivity contribution is -0.137. The Hall–Kier alpha value is -1.56. The van der Waals surface area contributed by atoms with E-state index in [2.05, 4.69) is 0 Å². The summed E-state index contributed by atoms with van der Waals surface area (Å²) >= 11 is 1.05. The molecule has 102 valence electrons. The highest BCUT2D eigenvalue weighted by atomic mass is 32.2. The lowest BCUT2D eigenvalue weighted by Crippen LogP contribution is -2.06. The van der Waals surface area contributed by atoms with Crippen LogP contribution in [0.1, 0.15) is 28.4 Å². The molecule has 0 unspecified atom stereocenters. The largest absolute Gasteiger partial charge is 0.416 e. The molecule has 0 saturated heterocycles. The van der Waals surface area contributed by atoms with E-state index >= 15 is 0 Å². The molecule has 0 aliphatic rings. The summed E-state index contributed by atoms with van der Waals surface area (Å²) in [7, 11) is 0. The Bertz CT molecular complexity index is 507. The fourth-order valence-corrected chi connectivity index (χ4v) is 1.78. The van der Waals surface area contributed by atoms with Gasteiger partial charge in [0.2, 0.25) is 0 Å². The molecular formula is C13H11F3O2S. The minimum Gasteiger partial charge on any atom is -0.298 e. The molecule has 1 aromatic rings. The van der Waals surface area contributed by atoms with Crippen LogP contribution in [0, 0.1) is 0 Å². The summed E-state index contributed by atoms with van der Waals surface area (Å²) in [5, 5.41) is -0.0673. The highest BCUT2D eigenvalue weighted by molar-refractivity contribution is 8.13. The van der Waals surface area contributed by atoms with Crippen LogP contribution in [0.4, 0.5) is 13.2 Å². The molecule has 2 nitrogen and oxygen atoms in total. The minimum atomic E-state index is -4.49. The maximum Gasteiger partial charge on any atom is 0.416 e. The van der Waals surface area contributed by atoms with Crippen molar-refractivity contribution in [2.75, 3.05) is 5.75 Å². The molecule has 0 heterocycles. The normalized spacial score (nSPS) is 11.8. The number of halogens is 3. The van der Waals surface area contributed by atoms with E-state index in [0.717, 1.165) is 23.9 Å². The van der Waals surface area contributed by atoms with Crippen molar-refractivity contribution < 1.29 is 22.8 Å². The maximum atomic E-state index is 12.6. The molecule has 6 heteroatoms. The van der Waals surface area contributed by atoms with Crippen molar-refractivity contribution in [1.82, 2.24) is 0 Å². The van der Waals surface area contributed by atoms with Gasteiger partial charge in [0.25, 0.3) is 0 Å². The summed E-state index contributed by atoms with van der Waals surface area (Å²) in [5.74, 6) is 0.377. The topological polar surface area (TPSA) is 34.1 Å². The van der Waals surface area contributed by atoms with Crippen LogP contribution in [0.15, 0.2) is 24.3 Å². The Kier molecular flexibility index (Phi) is 5.35. The number of thioether (sulfide) groups is 1. The average molecular weight is 288 g/mol. The van der Waals surface area contributed by atoms with Gasteiger partial charge in [-0.2, -0.15) is 13.2 Å². The van der Waals surface area contributed by atoms with Crippen molar-refractivity contribution in [2.45, 2.75) is 13.1 Å². The summed E-state index contributed by atoms with van der Waals surface area (Å²) in [6, 6.07) is 3.12. The van der Waals surface area contributed by atoms with Gasteiger partial charge >= 0.3 is 6.18 Å². The van der Waals surface area contributed by atoms with Crippen molar-refractivity contribution in [2.24, 2.45) is 0 Å². The summed E-state index contributed by atoms with van der Waals surface area (Å²) in [6.45, 7) is 1.41. The van der Waals surface area contributed by atoms with Gasteiger partial charge in [-0.25, -0.2) is 0 Å². The van der Waals surface area contributed by atoms with Gasteiger partial charge in [0.05, 0.1) is 5.56 Å². The Labute approximate surface area is 112 Å². The zero-order valence-electron chi connectivity index (χ0n) is 10.0. The standard InChI is InChI=1S/C13H11F3O2S/c1-9(18)19-4-2-3-10-5-11(8-17)7-12(6-10)13(14,15)16/h2-3,5-8H,4H2,1H3. The summed E-state index contributed by atoms with van der Waals surface area (Å²) in [4.78, 5) is 21.3. The fraction of sp³-hybridized carbons (Fsp3) is 0.231. The third-order valence-corrected chi connectivity index (χ3v) is 2.90. The van der Waals surface area contributed by atoms with Crippen LogP contribution in [-0.4, -0.2) is 17.2 Å². The van der Waals surface area contributed by atoms with Gasteiger partial charge in [-0.15, -0.1) is 0 Å². The number of aldehydes is 1. The number of rotatable bonds is 4. The van der Waals surface area contributed by atoms with Crippen molar-refractivity contribution in [3.05, 3.63) is 41.0 Å². The van der Waals surface area contributed by atoms with Gasteiger partial charge in [0.15, 0.2) is 5.12 Å². The van der Waals surface area contributed by atoms with Crippen LogP contribution >= 0.6 is 11.8 Å². The third-order valence-electron chi connectivity index (χ3n) is 2.13. The molecule has 0 aromatic heterocycles. The van der Waals surface area contributed by atoms with Gasteiger partial charge in [0.1, 0.15) is 6.29 Å². The molecule has 0 spiro atoms. The molecule has 1 aromatic carbocycles. The predicted molar refractivity (Wildman–Crippen MR) is 69.0 cm³/mol. The van der Waals surface area contributed by atoms with E-state index in [-0.39, 0.29) is 16.2 Å². The Morgan fingerprint density at radius 2 is 1.89 bits per heavy atom. The van der Waals surface area contributed by atoms with Gasteiger partial charge in [0, 0.05) is 18.2 Å². The second-order valence-corrected chi connectivity index (χ2v) is 4.91. The summed E-state index contributed by atoms with van der Waals surface area (Å²) in [6.07, 6.45) is -1.08. The molecule has 0 aliphatic heterocycles. The van der Waals surface area contributed by atoms with E-state index in [1.54, 1.807) is 6.08 Å². The summed E-state index contributed by atoms with van der Waals surface area (Å²) in [5.41, 5.74) is -0.620. The lowest BCUT2D eigenvalue weighted by Gasteiger charge is -2.08. The number of carbonyl (C=O) groups is 2. The van der Waals surface area contributed by atoms with Crippen LogP contribution in [0.5, 0.6) is 0 Å². The second-order valence-electron chi connectivity index (χ2n) is 3.71.